The Balaban J connectivity index is 1.46. The van der Waals surface area contributed by atoms with Crippen molar-refractivity contribution >= 4 is 17.9 Å². The number of benzene rings is 3. The van der Waals surface area contributed by atoms with Crippen molar-refractivity contribution in [2.75, 3.05) is 6.61 Å². The molecule has 3 rings (SSSR count). The van der Waals surface area contributed by atoms with E-state index >= 15 is 0 Å². The molecule has 0 bridgehead atoms. The van der Waals surface area contributed by atoms with Crippen LogP contribution in [0.2, 0.25) is 0 Å². The maximum absolute atomic E-state index is 12.7. The summed E-state index contributed by atoms with van der Waals surface area (Å²) in [6, 6.07) is 20.7. The van der Waals surface area contributed by atoms with E-state index in [1.54, 1.807) is 48.5 Å². The zero-order valence-corrected chi connectivity index (χ0v) is 25.9. The number of rotatable bonds is 18. The Morgan fingerprint density at radius 2 is 1.02 bits per heavy atom. The van der Waals surface area contributed by atoms with Crippen molar-refractivity contribution in [2.24, 2.45) is 0 Å². The third kappa shape index (κ3) is 11.7. The topological polar surface area (TPSA) is 78.9 Å². The Hall–Kier alpha value is -3.93. The zero-order chi connectivity index (χ0) is 30.9. The average Bonchev–Trinajstić information content (AvgIpc) is 3.03. The molecule has 0 aliphatic carbocycles. The molecule has 0 amide bonds. The monoisotopic (exact) mass is 586 g/mol. The van der Waals surface area contributed by atoms with Crippen molar-refractivity contribution in [3.8, 4) is 16.9 Å². The largest absolute Gasteiger partial charge is 0.462 e. The molecular weight excluding hydrogens is 540 g/mol. The Morgan fingerprint density at radius 3 is 1.60 bits per heavy atom. The summed E-state index contributed by atoms with van der Waals surface area (Å²) in [6.07, 6.45) is 12.1. The molecule has 230 valence electrons. The van der Waals surface area contributed by atoms with Crippen LogP contribution in [0.15, 0.2) is 72.8 Å². The summed E-state index contributed by atoms with van der Waals surface area (Å²) in [5.41, 5.74) is 3.17. The highest BCUT2D eigenvalue weighted by Gasteiger charge is 2.14. The maximum Gasteiger partial charge on any atom is 0.343 e. The van der Waals surface area contributed by atoms with Crippen molar-refractivity contribution in [3.63, 3.8) is 0 Å². The summed E-state index contributed by atoms with van der Waals surface area (Å²) >= 11 is 0. The van der Waals surface area contributed by atoms with Gasteiger partial charge in [-0.2, -0.15) is 0 Å². The van der Waals surface area contributed by atoms with Crippen LogP contribution in [0, 0.1) is 0 Å². The second-order valence-corrected chi connectivity index (χ2v) is 11.0. The quantitative estimate of drug-likeness (QED) is 0.0839. The first-order valence-corrected chi connectivity index (χ1v) is 15.8. The van der Waals surface area contributed by atoms with Crippen LogP contribution in [-0.4, -0.2) is 30.6 Å². The van der Waals surface area contributed by atoms with Crippen molar-refractivity contribution in [1.29, 1.82) is 0 Å². The number of carbonyl (C=O) groups excluding carboxylic acids is 3. The molecule has 3 aromatic rings. The van der Waals surface area contributed by atoms with Crippen molar-refractivity contribution < 1.29 is 28.6 Å². The molecule has 0 heterocycles. The van der Waals surface area contributed by atoms with Gasteiger partial charge in [-0.1, -0.05) is 89.5 Å². The molecule has 0 aromatic heterocycles. The summed E-state index contributed by atoms with van der Waals surface area (Å²) in [6.45, 7) is 6.72. The van der Waals surface area contributed by atoms with Crippen molar-refractivity contribution in [2.45, 2.75) is 97.5 Å². The molecule has 0 saturated carbocycles. The summed E-state index contributed by atoms with van der Waals surface area (Å²) in [5, 5.41) is 0. The predicted molar refractivity (Wildman–Crippen MR) is 171 cm³/mol. The van der Waals surface area contributed by atoms with Crippen LogP contribution >= 0.6 is 0 Å². The van der Waals surface area contributed by atoms with Crippen molar-refractivity contribution in [3.05, 3.63) is 89.5 Å². The van der Waals surface area contributed by atoms with E-state index < -0.39 is 5.97 Å². The van der Waals surface area contributed by atoms with Crippen LogP contribution < -0.4 is 4.74 Å². The minimum absolute atomic E-state index is 0.140. The van der Waals surface area contributed by atoms with E-state index in [1.165, 1.54) is 38.5 Å². The molecule has 43 heavy (non-hydrogen) atoms. The van der Waals surface area contributed by atoms with E-state index in [2.05, 4.69) is 13.8 Å². The Morgan fingerprint density at radius 1 is 0.558 bits per heavy atom. The Kier molecular flexibility index (Phi) is 14.5. The van der Waals surface area contributed by atoms with Gasteiger partial charge in [0, 0.05) is 0 Å². The van der Waals surface area contributed by atoms with Gasteiger partial charge in [0.2, 0.25) is 0 Å². The SMILES string of the molecule is CCCCCCCCOC(=O)c1ccc(-c2ccc(C(=O)Oc3ccc(C(=O)OC(C)CCCCCC)cc3)cc2)cc1. The number of hydrogen-bond donors (Lipinski definition) is 0. The fraction of sp³-hybridized carbons (Fsp3) is 0.432. The number of hydrogen-bond acceptors (Lipinski definition) is 6. The van der Waals surface area contributed by atoms with E-state index in [4.69, 9.17) is 14.2 Å². The number of esters is 3. The number of unbranched alkanes of at least 4 members (excludes halogenated alkanes) is 8. The molecule has 3 aromatic carbocycles. The van der Waals surface area contributed by atoms with Gasteiger partial charge in [-0.15, -0.1) is 0 Å². The van der Waals surface area contributed by atoms with E-state index in [0.717, 1.165) is 43.2 Å². The highest BCUT2D eigenvalue weighted by Crippen LogP contribution is 2.22. The van der Waals surface area contributed by atoms with Gasteiger partial charge in [0.15, 0.2) is 0 Å². The predicted octanol–water partition coefficient (Wildman–Crippen LogP) is 9.61. The second-order valence-electron chi connectivity index (χ2n) is 11.0. The number of carbonyl (C=O) groups is 3. The van der Waals surface area contributed by atoms with E-state index in [0.29, 0.717) is 29.0 Å². The Bertz CT molecular complexity index is 1260. The molecule has 0 aliphatic rings. The smallest absolute Gasteiger partial charge is 0.343 e. The molecule has 0 fully saturated rings. The van der Waals surface area contributed by atoms with E-state index in [-0.39, 0.29) is 18.0 Å². The summed E-state index contributed by atoms with van der Waals surface area (Å²) in [7, 11) is 0. The van der Waals surface area contributed by atoms with Crippen LogP contribution in [-0.2, 0) is 9.47 Å². The summed E-state index contributed by atoms with van der Waals surface area (Å²) in [4.78, 5) is 37.5. The molecule has 6 heteroatoms. The highest BCUT2D eigenvalue weighted by atomic mass is 16.5. The normalized spacial score (nSPS) is 11.5. The van der Waals surface area contributed by atoms with Gasteiger partial charge in [0.25, 0.3) is 0 Å². The molecule has 0 aliphatic heterocycles. The lowest BCUT2D eigenvalue weighted by Crippen LogP contribution is -2.15. The lowest BCUT2D eigenvalue weighted by molar-refractivity contribution is 0.0319. The Labute approximate surface area is 256 Å². The zero-order valence-electron chi connectivity index (χ0n) is 25.9. The first-order valence-electron chi connectivity index (χ1n) is 15.8. The third-order valence-corrected chi connectivity index (χ3v) is 7.38. The van der Waals surface area contributed by atoms with Gasteiger partial charge in [0.1, 0.15) is 5.75 Å². The molecule has 0 spiro atoms. The molecule has 1 unspecified atom stereocenters. The van der Waals surface area contributed by atoms with Crippen molar-refractivity contribution in [1.82, 2.24) is 0 Å². The van der Waals surface area contributed by atoms with Gasteiger partial charge in [-0.25, -0.2) is 14.4 Å². The average molecular weight is 587 g/mol. The molecule has 1 atom stereocenters. The second kappa shape index (κ2) is 18.6. The lowest BCUT2D eigenvalue weighted by Gasteiger charge is -2.13. The maximum atomic E-state index is 12.7. The standard InChI is InChI=1S/C37H46O6/c1-4-6-8-10-11-13-27-41-35(38)31-19-15-29(16-20-31)30-17-21-32(22-18-30)37(40)43-34-25-23-33(24-26-34)36(39)42-28(3)14-12-9-7-5-2/h15-26,28H,4-14,27H2,1-3H3. The van der Waals surface area contributed by atoms with Crippen LogP contribution in [0.4, 0.5) is 0 Å². The van der Waals surface area contributed by atoms with Gasteiger partial charge < -0.3 is 14.2 Å². The molecule has 0 radical (unpaired) electrons. The molecule has 0 saturated heterocycles. The lowest BCUT2D eigenvalue weighted by atomic mass is 10.0. The molecule has 6 nitrogen and oxygen atoms in total. The van der Waals surface area contributed by atoms with Gasteiger partial charge in [-0.05, 0) is 85.8 Å². The summed E-state index contributed by atoms with van der Waals surface area (Å²) < 4.78 is 16.4. The highest BCUT2D eigenvalue weighted by molar-refractivity contribution is 5.93. The fourth-order valence-corrected chi connectivity index (χ4v) is 4.72. The first kappa shape index (κ1) is 33.6. The van der Waals surface area contributed by atoms with Crippen LogP contribution in [0.5, 0.6) is 5.75 Å². The van der Waals surface area contributed by atoms with Gasteiger partial charge >= 0.3 is 17.9 Å². The van der Waals surface area contributed by atoms with Gasteiger partial charge in [-0.3, -0.25) is 0 Å². The van der Waals surface area contributed by atoms with Crippen LogP contribution in [0.3, 0.4) is 0 Å². The number of ether oxygens (including phenoxy) is 3. The van der Waals surface area contributed by atoms with E-state index in [1.807, 2.05) is 31.2 Å². The van der Waals surface area contributed by atoms with E-state index in [9.17, 15) is 14.4 Å². The first-order chi connectivity index (χ1) is 20.9. The van der Waals surface area contributed by atoms with Gasteiger partial charge in [0.05, 0.1) is 29.4 Å². The molecule has 0 N–H and O–H groups in total. The minimum Gasteiger partial charge on any atom is -0.462 e. The minimum atomic E-state index is -0.494. The molecular formula is C37H46O6. The third-order valence-electron chi connectivity index (χ3n) is 7.38. The fourth-order valence-electron chi connectivity index (χ4n) is 4.72. The van der Waals surface area contributed by atoms with Crippen LogP contribution in [0.1, 0.15) is 122 Å². The van der Waals surface area contributed by atoms with Crippen LogP contribution in [0.25, 0.3) is 11.1 Å². The summed E-state index contributed by atoms with van der Waals surface area (Å²) in [5.74, 6) is -0.840.